The van der Waals surface area contributed by atoms with Gasteiger partial charge in [-0.05, 0) is 73.5 Å². The Kier molecular flexibility index (Phi) is 2.89. The Morgan fingerprint density at radius 3 is 2.33 bits per heavy atom. The summed E-state index contributed by atoms with van der Waals surface area (Å²) in [6.45, 7) is 0. The minimum Gasteiger partial charge on any atom is -0.294 e. The summed E-state index contributed by atoms with van der Waals surface area (Å²) in [6.07, 6.45) is 6.69. The van der Waals surface area contributed by atoms with Crippen LogP contribution in [0.25, 0.3) is 0 Å². The second kappa shape index (κ2) is 4.47. The largest absolute Gasteiger partial charge is 0.294 e. The van der Waals surface area contributed by atoms with Crippen molar-refractivity contribution in [1.82, 2.24) is 5.43 Å². The highest BCUT2D eigenvalue weighted by atomic mass is 35.5. The molecule has 1 aromatic rings. The van der Waals surface area contributed by atoms with E-state index in [0.29, 0.717) is 11.8 Å². The molecule has 3 nitrogen and oxygen atoms in total. The molecule has 21 heavy (non-hydrogen) atoms. The third-order valence-corrected chi connectivity index (χ3v) is 6.38. The Bertz CT molecular complexity index is 569. The molecule has 4 fully saturated rings. The monoisotopic (exact) mass is 304 g/mol. The lowest BCUT2D eigenvalue weighted by Crippen LogP contribution is -2.59. The molecule has 4 aliphatic carbocycles. The molecular weight excluding hydrogens is 284 g/mol. The van der Waals surface area contributed by atoms with Gasteiger partial charge in [-0.15, -0.1) is 0 Å². The van der Waals surface area contributed by atoms with E-state index in [1.165, 1.54) is 24.8 Å². The van der Waals surface area contributed by atoms with Gasteiger partial charge in [0.2, 0.25) is 5.91 Å². The molecule has 5 rings (SSSR count). The number of amides is 1. The topological polar surface area (TPSA) is 55.1 Å². The van der Waals surface area contributed by atoms with Crippen LogP contribution >= 0.6 is 11.6 Å². The number of hydrogen-bond donors (Lipinski definition) is 2. The molecule has 4 saturated carbocycles. The third kappa shape index (κ3) is 1.94. The normalized spacial score (nSPS) is 40.3. The highest BCUT2D eigenvalue weighted by Gasteiger charge is 2.60. The van der Waals surface area contributed by atoms with Crippen LogP contribution in [0.4, 0.5) is 0 Å². The lowest BCUT2D eigenvalue weighted by Gasteiger charge is -2.61. The summed E-state index contributed by atoms with van der Waals surface area (Å²) in [5.41, 5.74) is 3.71. The Labute approximate surface area is 130 Å². The third-order valence-electron chi connectivity index (χ3n) is 6.13. The number of nitrogens with two attached hydrogens (primary N) is 1. The minimum atomic E-state index is -0.238. The fraction of sp³-hybridized carbons (Fsp3) is 0.588. The first kappa shape index (κ1) is 13.6. The van der Waals surface area contributed by atoms with Gasteiger partial charge >= 0.3 is 0 Å². The molecule has 0 saturated heterocycles. The molecule has 4 heteroatoms. The highest BCUT2D eigenvalue weighted by molar-refractivity contribution is 6.30. The quantitative estimate of drug-likeness (QED) is 0.501. The van der Waals surface area contributed by atoms with Gasteiger partial charge in [-0.3, -0.25) is 10.2 Å². The van der Waals surface area contributed by atoms with Gasteiger partial charge in [0, 0.05) is 5.02 Å². The summed E-state index contributed by atoms with van der Waals surface area (Å²) in [6, 6.07) is 8.27. The molecule has 1 aromatic carbocycles. The van der Waals surface area contributed by atoms with Crippen LogP contribution in [0.2, 0.25) is 5.02 Å². The molecule has 2 atom stereocenters. The van der Waals surface area contributed by atoms with Crippen LogP contribution in [-0.2, 0) is 10.2 Å². The molecule has 1 amide bonds. The van der Waals surface area contributed by atoms with Crippen LogP contribution in [0.5, 0.6) is 0 Å². The molecule has 0 unspecified atom stereocenters. The van der Waals surface area contributed by atoms with Crippen molar-refractivity contribution in [1.29, 1.82) is 0 Å². The summed E-state index contributed by atoms with van der Waals surface area (Å²) in [7, 11) is 0. The highest BCUT2D eigenvalue weighted by Crippen LogP contribution is 2.65. The van der Waals surface area contributed by atoms with Crippen LogP contribution in [0.1, 0.15) is 44.1 Å². The van der Waals surface area contributed by atoms with Crippen molar-refractivity contribution in [3.63, 3.8) is 0 Å². The fourth-order valence-corrected chi connectivity index (χ4v) is 5.95. The number of benzene rings is 1. The van der Waals surface area contributed by atoms with Crippen LogP contribution < -0.4 is 11.3 Å². The van der Waals surface area contributed by atoms with E-state index in [1.807, 2.05) is 12.1 Å². The molecule has 4 aliphatic rings. The van der Waals surface area contributed by atoms with E-state index in [1.54, 1.807) is 0 Å². The number of rotatable bonds is 2. The fourth-order valence-electron chi connectivity index (χ4n) is 5.82. The average Bonchev–Trinajstić information content (AvgIpc) is 2.45. The Hall–Kier alpha value is -1.06. The Morgan fingerprint density at radius 1 is 1.14 bits per heavy atom. The maximum atomic E-state index is 12.4. The van der Waals surface area contributed by atoms with E-state index >= 15 is 0 Å². The van der Waals surface area contributed by atoms with Gasteiger partial charge in [-0.25, -0.2) is 5.84 Å². The summed E-state index contributed by atoms with van der Waals surface area (Å²) in [5.74, 6) is 6.86. The van der Waals surface area contributed by atoms with Crippen LogP contribution in [0.3, 0.4) is 0 Å². The number of hydrogen-bond acceptors (Lipinski definition) is 2. The van der Waals surface area contributed by atoms with Crippen LogP contribution in [0.15, 0.2) is 24.3 Å². The minimum absolute atomic E-state index is 0.0509. The lowest BCUT2D eigenvalue weighted by atomic mass is 9.42. The van der Waals surface area contributed by atoms with Crippen molar-refractivity contribution in [3.05, 3.63) is 34.9 Å². The van der Waals surface area contributed by atoms with Crippen molar-refractivity contribution < 1.29 is 4.79 Å². The van der Waals surface area contributed by atoms with Crippen molar-refractivity contribution >= 4 is 17.5 Å². The molecular formula is C17H21ClN2O. The van der Waals surface area contributed by atoms with Crippen LogP contribution in [-0.4, -0.2) is 5.91 Å². The standard InChI is InChI=1S/C17H21ClN2O/c18-14-3-1-13(2-4-14)16-6-11-5-12(7-16)9-17(8-11,10-16)15(21)20-19/h1-4,11-12H,5-10,19H2,(H,20,21)/t11-,12-,16?,17?/m0/s1. The summed E-state index contributed by atoms with van der Waals surface area (Å²) in [4.78, 5) is 12.4. The van der Waals surface area contributed by atoms with Crippen LogP contribution in [0, 0.1) is 17.3 Å². The van der Waals surface area contributed by atoms with Gasteiger partial charge in [0.05, 0.1) is 5.41 Å². The zero-order valence-corrected chi connectivity index (χ0v) is 12.8. The van der Waals surface area contributed by atoms with E-state index in [4.69, 9.17) is 17.4 Å². The smallest absolute Gasteiger partial charge is 0.240 e. The molecule has 0 aromatic heterocycles. The van der Waals surface area contributed by atoms with Gasteiger partial charge in [0.25, 0.3) is 0 Å². The van der Waals surface area contributed by atoms with E-state index in [0.717, 1.165) is 24.3 Å². The SMILES string of the molecule is NNC(=O)C12C[C@H]3C[C@H](C1)CC(c1ccc(Cl)cc1)(C3)C2. The average molecular weight is 305 g/mol. The maximum absolute atomic E-state index is 12.4. The zero-order valence-electron chi connectivity index (χ0n) is 12.1. The van der Waals surface area contributed by atoms with Gasteiger partial charge in [0.15, 0.2) is 0 Å². The van der Waals surface area contributed by atoms with E-state index < -0.39 is 0 Å². The predicted octanol–water partition coefficient (Wildman–Crippen LogP) is 3.17. The lowest BCUT2D eigenvalue weighted by molar-refractivity contribution is -0.149. The Balaban J connectivity index is 1.76. The van der Waals surface area contributed by atoms with E-state index in [-0.39, 0.29) is 16.7 Å². The maximum Gasteiger partial charge on any atom is 0.240 e. The van der Waals surface area contributed by atoms with Crippen molar-refractivity contribution in [2.75, 3.05) is 0 Å². The number of carbonyl (C=O) groups excluding carboxylic acids is 1. The van der Waals surface area contributed by atoms with E-state index in [2.05, 4.69) is 17.6 Å². The number of carbonyl (C=O) groups is 1. The first-order valence-corrected chi connectivity index (χ1v) is 8.20. The van der Waals surface area contributed by atoms with Crippen molar-refractivity contribution in [2.24, 2.45) is 23.1 Å². The molecule has 0 radical (unpaired) electrons. The molecule has 3 N–H and O–H groups in total. The number of hydrazine groups is 1. The Morgan fingerprint density at radius 2 is 1.76 bits per heavy atom. The molecule has 4 bridgehead atoms. The first-order chi connectivity index (χ1) is 10.1. The van der Waals surface area contributed by atoms with Gasteiger partial charge in [-0.1, -0.05) is 23.7 Å². The number of nitrogens with one attached hydrogen (secondary N) is 1. The van der Waals surface area contributed by atoms with Gasteiger partial charge in [-0.2, -0.15) is 0 Å². The van der Waals surface area contributed by atoms with Crippen molar-refractivity contribution in [3.8, 4) is 0 Å². The van der Waals surface area contributed by atoms with E-state index in [9.17, 15) is 4.79 Å². The summed E-state index contributed by atoms with van der Waals surface area (Å²) >= 11 is 6.04. The second-order valence-electron chi connectivity index (χ2n) is 7.50. The van der Waals surface area contributed by atoms with Crippen molar-refractivity contribution in [2.45, 2.75) is 43.9 Å². The number of halogens is 1. The van der Waals surface area contributed by atoms with Gasteiger partial charge < -0.3 is 0 Å². The summed E-state index contributed by atoms with van der Waals surface area (Å²) < 4.78 is 0. The molecule has 112 valence electrons. The first-order valence-electron chi connectivity index (χ1n) is 7.82. The molecule has 0 aliphatic heterocycles. The van der Waals surface area contributed by atoms with Gasteiger partial charge in [0.1, 0.15) is 0 Å². The zero-order chi connectivity index (χ0) is 14.7. The molecule has 0 heterocycles. The second-order valence-corrected chi connectivity index (χ2v) is 7.94. The summed E-state index contributed by atoms with van der Waals surface area (Å²) in [5, 5.41) is 0.776. The predicted molar refractivity (Wildman–Crippen MR) is 82.6 cm³/mol. The molecule has 0 spiro atoms.